The molecule has 6 N–H and O–H groups in total. The Labute approximate surface area is 297 Å². The minimum absolute atomic E-state index is 0.196. The summed E-state index contributed by atoms with van der Waals surface area (Å²) >= 11 is 0. The van der Waals surface area contributed by atoms with Crippen LogP contribution in [0.3, 0.4) is 0 Å². The quantitative estimate of drug-likeness (QED) is 0.112. The van der Waals surface area contributed by atoms with E-state index in [4.69, 9.17) is 0 Å². The first-order valence-corrected chi connectivity index (χ1v) is 20.0. The topological polar surface area (TPSA) is 88.6 Å². The zero-order chi connectivity index (χ0) is 34.0. The lowest BCUT2D eigenvalue weighted by Crippen LogP contribution is -2.54. The Hall–Kier alpha value is -3.48. The summed E-state index contributed by atoms with van der Waals surface area (Å²) in [5.74, 6) is 0.878. The maximum atomic E-state index is 12.2. The van der Waals surface area contributed by atoms with Crippen LogP contribution >= 0.6 is 0 Å². The molecule has 3 saturated carbocycles. The summed E-state index contributed by atoms with van der Waals surface area (Å²) in [6.07, 6.45) is 15.6. The molecule has 3 fully saturated rings. The highest BCUT2D eigenvalue weighted by molar-refractivity contribution is 6.08. The van der Waals surface area contributed by atoms with E-state index in [1.54, 1.807) is 0 Å². The van der Waals surface area contributed by atoms with Gasteiger partial charge in [-0.3, -0.25) is 0 Å². The smallest absolute Gasteiger partial charge is 0.108 e. The average molecular weight is 673 g/mol. The van der Waals surface area contributed by atoms with E-state index in [0.29, 0.717) is 0 Å². The van der Waals surface area contributed by atoms with E-state index < -0.39 is 12.2 Å². The lowest BCUT2D eigenvalue weighted by Gasteiger charge is -2.51. The lowest BCUT2D eigenvalue weighted by molar-refractivity contribution is -0.0780. The fraction of sp³-hybridized carbons (Fsp3) is 0.545. The zero-order valence-corrected chi connectivity index (χ0v) is 30.0. The molecule has 6 nitrogen and oxygen atoms in total. The fourth-order valence-electron chi connectivity index (χ4n) is 10.7. The molecule has 5 aliphatic rings. The maximum Gasteiger partial charge on any atom is 0.108 e. The van der Waals surface area contributed by atoms with Crippen molar-refractivity contribution in [2.75, 3.05) is 21.3 Å². The number of rotatable bonds is 8. The van der Waals surface area contributed by atoms with Crippen molar-refractivity contribution in [3.8, 4) is 0 Å². The second kappa shape index (κ2) is 12.6. The van der Waals surface area contributed by atoms with Crippen LogP contribution in [-0.2, 0) is 0 Å². The van der Waals surface area contributed by atoms with Gasteiger partial charge < -0.3 is 31.5 Å². The van der Waals surface area contributed by atoms with Gasteiger partial charge in [0.05, 0.1) is 12.2 Å². The third-order valence-corrected chi connectivity index (χ3v) is 13.7. The van der Waals surface area contributed by atoms with Crippen molar-refractivity contribution in [1.82, 2.24) is 0 Å². The molecule has 4 aromatic rings. The fourth-order valence-corrected chi connectivity index (χ4v) is 10.7. The van der Waals surface area contributed by atoms with Crippen LogP contribution in [0.5, 0.6) is 0 Å². The Morgan fingerprint density at radius 1 is 0.560 bits per heavy atom. The normalized spacial score (nSPS) is 32.6. The largest absolute Gasteiger partial charge is 0.392 e. The van der Waals surface area contributed by atoms with Gasteiger partial charge in [-0.05, 0) is 97.2 Å². The first-order valence-electron chi connectivity index (χ1n) is 20.0. The minimum atomic E-state index is -0.693. The SMILES string of the molecule is CCCCC1CCC2(CC1)Nc1cccc3ccc(C4C(O)C(c5ccc6cccc7c6c5NC5(CCC(CCCC)CC5)N7)C4O)c(c13)N2. The summed E-state index contributed by atoms with van der Waals surface area (Å²) in [6.45, 7) is 4.58. The Balaban J connectivity index is 1.03. The van der Waals surface area contributed by atoms with Crippen LogP contribution in [0.25, 0.3) is 21.5 Å². The second-order valence-corrected chi connectivity index (χ2v) is 16.7. The summed E-state index contributed by atoms with van der Waals surface area (Å²) in [6, 6.07) is 21.8. The molecule has 3 aliphatic carbocycles. The highest BCUT2D eigenvalue weighted by atomic mass is 16.3. The number of hydrogen-bond donors (Lipinski definition) is 6. The average Bonchev–Trinajstić information content (AvgIpc) is 3.13. The van der Waals surface area contributed by atoms with Gasteiger partial charge in [0.1, 0.15) is 11.3 Å². The summed E-state index contributed by atoms with van der Waals surface area (Å²) in [5.41, 5.74) is 6.24. The van der Waals surface area contributed by atoms with E-state index in [1.807, 2.05) is 0 Å². The van der Waals surface area contributed by atoms with E-state index in [-0.39, 0.29) is 23.2 Å². The Kier molecular flexibility index (Phi) is 8.19. The zero-order valence-electron chi connectivity index (χ0n) is 30.0. The number of anilines is 4. The molecular formula is C44H56N4O2. The molecule has 0 unspecified atom stereocenters. The van der Waals surface area contributed by atoms with Gasteiger partial charge in [-0.25, -0.2) is 0 Å². The molecule has 0 aromatic heterocycles. The number of aliphatic hydroxyl groups is 2. The number of unbranched alkanes of at least 4 members (excludes halogenated alkanes) is 2. The van der Waals surface area contributed by atoms with Crippen molar-refractivity contribution in [1.29, 1.82) is 0 Å². The van der Waals surface area contributed by atoms with Gasteiger partial charge in [-0.15, -0.1) is 0 Å². The molecule has 0 bridgehead atoms. The van der Waals surface area contributed by atoms with Gasteiger partial charge >= 0.3 is 0 Å². The first kappa shape index (κ1) is 32.4. The molecule has 0 amide bonds. The third kappa shape index (κ3) is 5.27. The van der Waals surface area contributed by atoms with Crippen molar-refractivity contribution < 1.29 is 10.2 Å². The molecule has 0 atom stereocenters. The van der Waals surface area contributed by atoms with Gasteiger partial charge in [0.15, 0.2) is 0 Å². The predicted octanol–water partition coefficient (Wildman–Crippen LogP) is 10.4. The predicted molar refractivity (Wildman–Crippen MR) is 208 cm³/mol. The number of hydrogen-bond acceptors (Lipinski definition) is 6. The van der Waals surface area contributed by atoms with Gasteiger partial charge in [0.25, 0.3) is 0 Å². The van der Waals surface area contributed by atoms with Crippen molar-refractivity contribution in [2.24, 2.45) is 11.8 Å². The third-order valence-electron chi connectivity index (χ3n) is 13.7. The van der Waals surface area contributed by atoms with Crippen LogP contribution in [0.4, 0.5) is 22.7 Å². The van der Waals surface area contributed by atoms with Crippen LogP contribution in [0.1, 0.15) is 127 Å². The molecular weight excluding hydrogens is 617 g/mol. The molecule has 2 heterocycles. The van der Waals surface area contributed by atoms with Crippen molar-refractivity contribution in [2.45, 2.75) is 139 Å². The molecule has 0 saturated heterocycles. The molecule has 4 aromatic carbocycles. The van der Waals surface area contributed by atoms with Gasteiger partial charge in [-0.1, -0.05) is 101 Å². The Morgan fingerprint density at radius 3 is 1.38 bits per heavy atom. The Morgan fingerprint density at radius 2 is 0.980 bits per heavy atom. The van der Waals surface area contributed by atoms with E-state index in [0.717, 1.165) is 60.0 Å². The Bertz CT molecular complexity index is 1740. The number of nitrogens with one attached hydrogen (secondary N) is 4. The number of aliphatic hydroxyl groups excluding tert-OH is 2. The highest BCUT2D eigenvalue weighted by Gasteiger charge is 2.53. The molecule has 50 heavy (non-hydrogen) atoms. The van der Waals surface area contributed by atoms with Crippen molar-refractivity contribution in [3.05, 3.63) is 71.8 Å². The van der Waals surface area contributed by atoms with Crippen LogP contribution < -0.4 is 21.3 Å². The lowest BCUT2D eigenvalue weighted by atomic mass is 9.62. The van der Waals surface area contributed by atoms with Crippen molar-refractivity contribution >= 4 is 44.3 Å². The summed E-state index contributed by atoms with van der Waals surface area (Å²) < 4.78 is 0. The minimum Gasteiger partial charge on any atom is -0.392 e. The molecule has 0 radical (unpaired) electrons. The summed E-state index contributed by atoms with van der Waals surface area (Å²) in [4.78, 5) is 0. The van der Waals surface area contributed by atoms with Gasteiger partial charge in [-0.2, -0.15) is 0 Å². The molecule has 2 aliphatic heterocycles. The van der Waals surface area contributed by atoms with Crippen molar-refractivity contribution in [3.63, 3.8) is 0 Å². The first-order chi connectivity index (χ1) is 24.4. The molecule has 9 rings (SSSR count). The second-order valence-electron chi connectivity index (χ2n) is 16.7. The highest BCUT2D eigenvalue weighted by Crippen LogP contribution is 2.57. The number of benzene rings is 4. The summed E-state index contributed by atoms with van der Waals surface area (Å²) in [7, 11) is 0. The monoisotopic (exact) mass is 672 g/mol. The maximum absolute atomic E-state index is 12.2. The van der Waals surface area contributed by atoms with E-state index in [9.17, 15) is 10.2 Å². The van der Waals surface area contributed by atoms with Gasteiger partial charge in [0.2, 0.25) is 0 Å². The standard InChI is InChI=1S/C44H56N4O2/c1-3-5-9-27-19-23-43(24-20-27)45-33-13-7-11-29-15-17-31(39(47-43)35(29)33)37-41(49)38(42(37)50)32-18-16-30-12-8-14-34-36(30)40(32)48-44(46-34)25-21-28(22-26-44)10-6-4-2/h7-8,11-18,27-28,37-38,41-42,45-50H,3-6,9-10,19-26H2,1-2H3. The van der Waals surface area contributed by atoms with Gasteiger partial charge in [0, 0.05) is 45.4 Å². The van der Waals surface area contributed by atoms with Crippen LogP contribution in [0.2, 0.25) is 0 Å². The van der Waals surface area contributed by atoms with Crippen LogP contribution in [-0.4, -0.2) is 33.7 Å². The van der Waals surface area contributed by atoms with E-state index in [2.05, 4.69) is 95.8 Å². The molecule has 2 spiro atoms. The van der Waals surface area contributed by atoms with Crippen LogP contribution in [0.15, 0.2) is 60.7 Å². The molecule has 6 heteroatoms. The molecule has 264 valence electrons. The van der Waals surface area contributed by atoms with Crippen LogP contribution in [0, 0.1) is 11.8 Å². The van der Waals surface area contributed by atoms with E-state index >= 15 is 0 Å². The summed E-state index contributed by atoms with van der Waals surface area (Å²) in [5, 5.41) is 45.1. The van der Waals surface area contributed by atoms with E-state index in [1.165, 1.54) is 97.1 Å².